The summed E-state index contributed by atoms with van der Waals surface area (Å²) in [5.41, 5.74) is 3.10. The van der Waals surface area contributed by atoms with Gasteiger partial charge in [-0.25, -0.2) is 4.99 Å². The van der Waals surface area contributed by atoms with Gasteiger partial charge in [0.1, 0.15) is 5.75 Å². The van der Waals surface area contributed by atoms with Gasteiger partial charge in [0.15, 0.2) is 5.96 Å². The van der Waals surface area contributed by atoms with E-state index in [0.29, 0.717) is 12.6 Å². The summed E-state index contributed by atoms with van der Waals surface area (Å²) >= 11 is 0. The Bertz CT molecular complexity index is 794. The number of rotatable bonds is 7. The lowest BCUT2D eigenvalue weighted by atomic mass is 10.1. The zero-order valence-corrected chi connectivity index (χ0v) is 16.7. The van der Waals surface area contributed by atoms with Gasteiger partial charge in [-0.2, -0.15) is 0 Å². The number of guanidine groups is 1. The molecule has 150 valence electrons. The van der Waals surface area contributed by atoms with E-state index in [9.17, 15) is 5.11 Å². The molecule has 1 aliphatic heterocycles. The molecule has 2 aromatic carbocycles. The molecule has 0 amide bonds. The van der Waals surface area contributed by atoms with Crippen LogP contribution in [0.5, 0.6) is 5.75 Å². The van der Waals surface area contributed by atoms with E-state index < -0.39 is 0 Å². The SMILES string of the molecule is CCNC(=NCc1ccccc1CO)NC1CCN(c2ccccc2OC)C1. The summed E-state index contributed by atoms with van der Waals surface area (Å²) in [5.74, 6) is 1.71. The van der Waals surface area contributed by atoms with E-state index in [1.807, 2.05) is 42.5 Å². The van der Waals surface area contributed by atoms with Gasteiger partial charge < -0.3 is 25.4 Å². The van der Waals surface area contributed by atoms with Crippen LogP contribution in [0.3, 0.4) is 0 Å². The molecule has 0 saturated carbocycles. The number of hydrogen-bond acceptors (Lipinski definition) is 4. The third-order valence-corrected chi connectivity index (χ3v) is 5.00. The van der Waals surface area contributed by atoms with Crippen LogP contribution >= 0.6 is 0 Å². The maximum Gasteiger partial charge on any atom is 0.191 e. The van der Waals surface area contributed by atoms with Crippen molar-refractivity contribution < 1.29 is 9.84 Å². The first-order valence-corrected chi connectivity index (χ1v) is 9.85. The van der Waals surface area contributed by atoms with Gasteiger partial charge in [0, 0.05) is 25.7 Å². The molecule has 0 bridgehead atoms. The zero-order chi connectivity index (χ0) is 19.8. The van der Waals surface area contributed by atoms with Gasteiger partial charge in [0.05, 0.1) is 25.9 Å². The lowest BCUT2D eigenvalue weighted by molar-refractivity contribution is 0.280. The second-order valence-corrected chi connectivity index (χ2v) is 6.87. The molecule has 1 atom stereocenters. The standard InChI is InChI=1S/C22H30N4O2/c1-3-23-22(24-14-17-8-4-5-9-18(17)16-27)25-19-12-13-26(15-19)20-10-6-7-11-21(20)28-2/h4-11,19,27H,3,12-16H2,1-2H3,(H2,23,24,25). The predicted molar refractivity (Wildman–Crippen MR) is 114 cm³/mol. The summed E-state index contributed by atoms with van der Waals surface area (Å²) in [4.78, 5) is 7.08. The van der Waals surface area contributed by atoms with Crippen LogP contribution in [0.4, 0.5) is 5.69 Å². The molecule has 0 spiro atoms. The lowest BCUT2D eigenvalue weighted by Gasteiger charge is -2.22. The molecule has 6 heteroatoms. The largest absolute Gasteiger partial charge is 0.495 e. The fraction of sp³-hybridized carbons (Fsp3) is 0.409. The molecule has 3 rings (SSSR count). The van der Waals surface area contributed by atoms with Crippen LogP contribution in [0.2, 0.25) is 0 Å². The van der Waals surface area contributed by atoms with E-state index in [1.165, 1.54) is 0 Å². The van der Waals surface area contributed by atoms with Crippen molar-refractivity contribution in [3.63, 3.8) is 0 Å². The maximum absolute atomic E-state index is 9.50. The van der Waals surface area contributed by atoms with Gasteiger partial charge in [0.2, 0.25) is 0 Å². The summed E-state index contributed by atoms with van der Waals surface area (Å²) in [7, 11) is 1.71. The van der Waals surface area contributed by atoms with E-state index in [4.69, 9.17) is 9.73 Å². The first-order valence-electron chi connectivity index (χ1n) is 9.85. The molecule has 1 fully saturated rings. The van der Waals surface area contributed by atoms with Crippen molar-refractivity contribution in [2.24, 2.45) is 4.99 Å². The number of aliphatic imine (C=N–C) groups is 1. The van der Waals surface area contributed by atoms with E-state index in [-0.39, 0.29) is 6.61 Å². The van der Waals surface area contributed by atoms with Crippen molar-refractivity contribution in [1.29, 1.82) is 0 Å². The van der Waals surface area contributed by atoms with Gasteiger partial charge >= 0.3 is 0 Å². The molecule has 1 aliphatic rings. The van der Waals surface area contributed by atoms with Crippen molar-refractivity contribution in [3.05, 3.63) is 59.7 Å². The van der Waals surface area contributed by atoms with Crippen LogP contribution in [0.25, 0.3) is 0 Å². The van der Waals surface area contributed by atoms with Crippen LogP contribution in [0.15, 0.2) is 53.5 Å². The van der Waals surface area contributed by atoms with Gasteiger partial charge in [-0.15, -0.1) is 0 Å². The Kier molecular flexibility index (Phi) is 7.14. The minimum Gasteiger partial charge on any atom is -0.495 e. The fourth-order valence-electron chi connectivity index (χ4n) is 3.53. The van der Waals surface area contributed by atoms with Crippen LogP contribution in [0.1, 0.15) is 24.5 Å². The third kappa shape index (κ3) is 4.95. The first kappa shape index (κ1) is 20.0. The average Bonchev–Trinajstić information content (AvgIpc) is 3.20. The van der Waals surface area contributed by atoms with Crippen molar-refractivity contribution in [3.8, 4) is 5.75 Å². The third-order valence-electron chi connectivity index (χ3n) is 5.00. The predicted octanol–water partition coefficient (Wildman–Crippen LogP) is 2.52. The highest BCUT2D eigenvalue weighted by Crippen LogP contribution is 2.30. The van der Waals surface area contributed by atoms with Crippen LogP contribution in [-0.2, 0) is 13.2 Å². The van der Waals surface area contributed by atoms with E-state index >= 15 is 0 Å². The molecule has 1 unspecified atom stereocenters. The molecular weight excluding hydrogens is 352 g/mol. The molecule has 0 aromatic heterocycles. The van der Waals surface area contributed by atoms with Crippen molar-refractivity contribution in [2.75, 3.05) is 31.6 Å². The summed E-state index contributed by atoms with van der Waals surface area (Å²) < 4.78 is 5.50. The fourth-order valence-corrected chi connectivity index (χ4v) is 3.53. The molecule has 6 nitrogen and oxygen atoms in total. The Morgan fingerprint density at radius 3 is 2.68 bits per heavy atom. The molecule has 1 heterocycles. The molecule has 0 radical (unpaired) electrons. The second-order valence-electron chi connectivity index (χ2n) is 6.87. The molecule has 0 aliphatic carbocycles. The summed E-state index contributed by atoms with van der Waals surface area (Å²) in [6.07, 6.45) is 1.04. The summed E-state index contributed by atoms with van der Waals surface area (Å²) in [6.45, 7) is 5.31. The summed E-state index contributed by atoms with van der Waals surface area (Å²) in [5, 5.41) is 16.4. The monoisotopic (exact) mass is 382 g/mol. The van der Waals surface area contributed by atoms with Crippen LogP contribution < -0.4 is 20.3 Å². The van der Waals surface area contributed by atoms with E-state index in [2.05, 4.69) is 28.5 Å². The Balaban J connectivity index is 1.64. The van der Waals surface area contributed by atoms with Gasteiger partial charge in [-0.3, -0.25) is 0 Å². The Hall–Kier alpha value is -2.73. The number of nitrogens with one attached hydrogen (secondary N) is 2. The number of para-hydroxylation sites is 2. The highest BCUT2D eigenvalue weighted by Gasteiger charge is 2.25. The highest BCUT2D eigenvalue weighted by atomic mass is 16.5. The number of benzene rings is 2. The Morgan fingerprint density at radius 1 is 1.18 bits per heavy atom. The van der Waals surface area contributed by atoms with Crippen molar-refractivity contribution >= 4 is 11.6 Å². The lowest BCUT2D eigenvalue weighted by Crippen LogP contribution is -2.44. The number of aliphatic hydroxyl groups is 1. The van der Waals surface area contributed by atoms with Crippen molar-refractivity contribution in [1.82, 2.24) is 10.6 Å². The molecule has 3 N–H and O–H groups in total. The normalized spacial score (nSPS) is 16.9. The zero-order valence-electron chi connectivity index (χ0n) is 16.7. The number of hydrogen-bond donors (Lipinski definition) is 3. The highest BCUT2D eigenvalue weighted by molar-refractivity contribution is 5.80. The number of ether oxygens (including phenoxy) is 1. The molecule has 2 aromatic rings. The van der Waals surface area contributed by atoms with Gasteiger partial charge in [-0.1, -0.05) is 36.4 Å². The van der Waals surface area contributed by atoms with Crippen LogP contribution in [-0.4, -0.2) is 43.9 Å². The second kappa shape index (κ2) is 9.99. The van der Waals surface area contributed by atoms with E-state index in [1.54, 1.807) is 7.11 Å². The van der Waals surface area contributed by atoms with E-state index in [0.717, 1.165) is 54.6 Å². The number of nitrogens with zero attached hydrogens (tertiary/aromatic N) is 2. The minimum absolute atomic E-state index is 0.0339. The van der Waals surface area contributed by atoms with Gasteiger partial charge in [0.25, 0.3) is 0 Å². The Morgan fingerprint density at radius 2 is 1.93 bits per heavy atom. The topological polar surface area (TPSA) is 69.1 Å². The van der Waals surface area contributed by atoms with Crippen molar-refractivity contribution in [2.45, 2.75) is 32.5 Å². The number of aliphatic hydroxyl groups excluding tert-OH is 1. The molecule has 1 saturated heterocycles. The molecular formula is C22H30N4O2. The Labute approximate surface area is 167 Å². The number of anilines is 1. The smallest absolute Gasteiger partial charge is 0.191 e. The average molecular weight is 383 g/mol. The first-order chi connectivity index (χ1) is 13.7. The quantitative estimate of drug-likeness (QED) is 0.507. The van der Waals surface area contributed by atoms with Crippen LogP contribution in [0, 0.1) is 0 Å². The number of methoxy groups -OCH3 is 1. The maximum atomic E-state index is 9.50. The molecule has 28 heavy (non-hydrogen) atoms. The van der Waals surface area contributed by atoms with Gasteiger partial charge in [-0.05, 0) is 36.6 Å². The summed E-state index contributed by atoms with van der Waals surface area (Å²) in [6, 6.07) is 16.3. The minimum atomic E-state index is 0.0339.